The molecular weight excluding hydrogens is 558 g/mol. The van der Waals surface area contributed by atoms with Gasteiger partial charge in [0.2, 0.25) is 5.76 Å². The van der Waals surface area contributed by atoms with E-state index in [1.807, 2.05) is 37.4 Å². The standard InChI is InChI=1S/C36H39NO7/c1-4-42-35(39)31-17-25(21-10-12-28(38)24(16-21)20-9-11-27-22(15-20)13-14-37-27)33-30(43-31)19-29-26(34(33)41-3)18-32(44-29)36(2,40)23-7-5-6-8-23/h9,11,13-15,17,19,23-24,32,37,40H,4-8,10,12,16,18H2,1-3H3/b25-21-/t24-,32+,36+/m1/s1. The van der Waals surface area contributed by atoms with E-state index >= 15 is 0 Å². The number of methoxy groups -OCH3 is 1. The first-order valence-electron chi connectivity index (χ1n) is 15.8. The van der Waals surface area contributed by atoms with E-state index in [1.54, 1.807) is 20.1 Å². The molecule has 3 atom stereocenters. The Morgan fingerprint density at radius 1 is 1.11 bits per heavy atom. The number of hydrogen-bond donors (Lipinski definition) is 2. The molecule has 2 fully saturated rings. The summed E-state index contributed by atoms with van der Waals surface area (Å²) in [5.74, 6) is 1.26. The Balaban J connectivity index is 1.32. The number of rotatable bonds is 6. The lowest BCUT2D eigenvalue weighted by Crippen LogP contribution is -2.47. The van der Waals surface area contributed by atoms with Crippen molar-refractivity contribution >= 4 is 28.2 Å². The number of ether oxygens (including phenoxy) is 4. The topological polar surface area (TPSA) is 107 Å². The largest absolute Gasteiger partial charge is 0.496 e. The molecule has 0 spiro atoms. The first kappa shape index (κ1) is 28.7. The molecule has 4 aliphatic rings. The molecule has 3 heterocycles. The normalized spacial score (nSPS) is 24.6. The highest BCUT2D eigenvalue weighted by Gasteiger charge is 2.47. The van der Waals surface area contributed by atoms with Crippen molar-refractivity contribution in [3.8, 4) is 17.2 Å². The minimum Gasteiger partial charge on any atom is -0.496 e. The Hall–Kier alpha value is -4.04. The number of aromatic amines is 1. The van der Waals surface area contributed by atoms with Crippen LogP contribution in [0, 0.1) is 5.92 Å². The first-order valence-corrected chi connectivity index (χ1v) is 15.8. The van der Waals surface area contributed by atoms with Crippen molar-refractivity contribution in [1.29, 1.82) is 0 Å². The fraction of sp³-hybridized carbons (Fsp3) is 0.444. The molecule has 7 rings (SSSR count). The molecule has 44 heavy (non-hydrogen) atoms. The third-order valence-corrected chi connectivity index (χ3v) is 10.1. The molecule has 8 heteroatoms. The summed E-state index contributed by atoms with van der Waals surface area (Å²) in [7, 11) is 1.63. The van der Waals surface area contributed by atoms with E-state index in [0.29, 0.717) is 42.9 Å². The molecule has 2 saturated carbocycles. The number of carbonyl (C=O) groups excluding carboxylic acids is 2. The number of benzene rings is 2. The molecule has 1 aromatic heterocycles. The Kier molecular flexibility index (Phi) is 7.28. The van der Waals surface area contributed by atoms with Crippen LogP contribution in [0.2, 0.25) is 0 Å². The predicted octanol–water partition coefficient (Wildman–Crippen LogP) is 6.55. The molecule has 3 aromatic rings. The monoisotopic (exact) mass is 597 g/mol. The van der Waals surface area contributed by atoms with Gasteiger partial charge in [-0.2, -0.15) is 0 Å². The number of fused-ring (bicyclic) bond motifs is 3. The number of H-pyrrole nitrogens is 1. The molecule has 0 amide bonds. The van der Waals surface area contributed by atoms with Gasteiger partial charge in [0, 0.05) is 42.1 Å². The molecule has 8 nitrogen and oxygen atoms in total. The smallest absolute Gasteiger partial charge is 0.374 e. The van der Waals surface area contributed by atoms with Crippen LogP contribution in [0.3, 0.4) is 0 Å². The summed E-state index contributed by atoms with van der Waals surface area (Å²) in [6.07, 6.45) is 9.42. The van der Waals surface area contributed by atoms with Crippen molar-refractivity contribution in [3.63, 3.8) is 0 Å². The second kappa shape index (κ2) is 11.1. The van der Waals surface area contributed by atoms with E-state index in [0.717, 1.165) is 64.4 Å². The second-order valence-electron chi connectivity index (χ2n) is 12.7. The van der Waals surface area contributed by atoms with Crippen LogP contribution in [-0.2, 0) is 20.7 Å². The maximum Gasteiger partial charge on any atom is 0.374 e. The summed E-state index contributed by atoms with van der Waals surface area (Å²) in [4.78, 5) is 29.5. The zero-order chi connectivity index (χ0) is 30.6. The molecule has 0 bridgehead atoms. The molecule has 2 aliphatic heterocycles. The van der Waals surface area contributed by atoms with Crippen LogP contribution >= 0.6 is 0 Å². The third kappa shape index (κ3) is 4.80. The van der Waals surface area contributed by atoms with Gasteiger partial charge < -0.3 is 29.0 Å². The lowest BCUT2D eigenvalue weighted by molar-refractivity contribution is -0.141. The summed E-state index contributed by atoms with van der Waals surface area (Å²) in [6.45, 7) is 3.86. The van der Waals surface area contributed by atoms with Gasteiger partial charge in [0.25, 0.3) is 0 Å². The van der Waals surface area contributed by atoms with E-state index in [2.05, 4.69) is 11.1 Å². The van der Waals surface area contributed by atoms with Gasteiger partial charge in [0.1, 0.15) is 34.7 Å². The van der Waals surface area contributed by atoms with Crippen molar-refractivity contribution < 1.29 is 33.6 Å². The number of Topliss-reactive ketones (excluding diaryl/α,β-unsaturated/α-hetero) is 1. The molecule has 2 N–H and O–H groups in total. The van der Waals surface area contributed by atoms with Gasteiger partial charge in [0.15, 0.2) is 0 Å². The first-order chi connectivity index (χ1) is 21.3. The number of ketones is 1. The molecule has 0 radical (unpaired) electrons. The van der Waals surface area contributed by atoms with Crippen LogP contribution < -0.4 is 14.2 Å². The Morgan fingerprint density at radius 3 is 2.70 bits per heavy atom. The van der Waals surface area contributed by atoms with Crippen LogP contribution in [-0.4, -0.2) is 47.3 Å². The van der Waals surface area contributed by atoms with Gasteiger partial charge in [-0.1, -0.05) is 24.5 Å². The average Bonchev–Trinajstić information content (AvgIpc) is 3.81. The molecule has 2 aliphatic carbocycles. The molecule has 2 aromatic carbocycles. The van der Waals surface area contributed by atoms with Crippen LogP contribution in [0.1, 0.15) is 81.4 Å². The quantitative estimate of drug-likeness (QED) is 0.310. The third-order valence-electron chi connectivity index (χ3n) is 10.1. The van der Waals surface area contributed by atoms with E-state index in [9.17, 15) is 14.7 Å². The second-order valence-corrected chi connectivity index (χ2v) is 12.7. The molecule has 230 valence electrons. The maximum atomic E-state index is 13.3. The van der Waals surface area contributed by atoms with Gasteiger partial charge in [-0.05, 0) is 86.2 Å². The molecule has 0 saturated heterocycles. The zero-order valence-electron chi connectivity index (χ0n) is 25.5. The Labute approximate surface area is 257 Å². The number of hydrogen-bond acceptors (Lipinski definition) is 7. The van der Waals surface area contributed by atoms with Crippen LogP contribution in [0.25, 0.3) is 16.5 Å². The summed E-state index contributed by atoms with van der Waals surface area (Å²) in [5.41, 5.74) is 4.52. The van der Waals surface area contributed by atoms with E-state index in [-0.39, 0.29) is 30.0 Å². The van der Waals surface area contributed by atoms with E-state index < -0.39 is 17.7 Å². The Bertz CT molecular complexity index is 1700. The van der Waals surface area contributed by atoms with Crippen molar-refractivity contribution in [2.45, 2.75) is 82.8 Å². The van der Waals surface area contributed by atoms with Crippen molar-refractivity contribution in [2.75, 3.05) is 13.7 Å². The van der Waals surface area contributed by atoms with Gasteiger partial charge >= 0.3 is 5.97 Å². The highest BCUT2D eigenvalue weighted by molar-refractivity contribution is 5.98. The van der Waals surface area contributed by atoms with Gasteiger partial charge in [-0.25, -0.2) is 4.79 Å². The van der Waals surface area contributed by atoms with E-state index in [4.69, 9.17) is 18.9 Å². The van der Waals surface area contributed by atoms with Crippen molar-refractivity contribution in [1.82, 2.24) is 4.98 Å². The van der Waals surface area contributed by atoms with Crippen molar-refractivity contribution in [3.05, 3.63) is 70.6 Å². The highest BCUT2D eigenvalue weighted by atomic mass is 16.6. The number of esters is 1. The number of nitrogens with one attached hydrogen (secondary N) is 1. The number of aromatic nitrogens is 1. The summed E-state index contributed by atoms with van der Waals surface area (Å²) < 4.78 is 24.0. The lowest BCUT2D eigenvalue weighted by atomic mass is 9.76. The van der Waals surface area contributed by atoms with Crippen LogP contribution in [0.4, 0.5) is 0 Å². The fourth-order valence-electron chi connectivity index (χ4n) is 7.67. The number of carbonyl (C=O) groups is 2. The van der Waals surface area contributed by atoms with Gasteiger partial charge in [-0.3, -0.25) is 4.79 Å². The molecular formula is C36H39NO7. The van der Waals surface area contributed by atoms with Gasteiger partial charge in [0.05, 0.1) is 19.3 Å². The van der Waals surface area contributed by atoms with Crippen LogP contribution in [0.15, 0.2) is 53.9 Å². The van der Waals surface area contributed by atoms with Crippen molar-refractivity contribution in [2.24, 2.45) is 5.92 Å². The number of aliphatic hydroxyl groups is 1. The minimum atomic E-state index is -0.991. The molecule has 0 unspecified atom stereocenters. The lowest BCUT2D eigenvalue weighted by Gasteiger charge is -2.35. The minimum absolute atomic E-state index is 0.0820. The summed E-state index contributed by atoms with van der Waals surface area (Å²) >= 11 is 0. The van der Waals surface area contributed by atoms with Crippen LogP contribution in [0.5, 0.6) is 17.2 Å². The SMILES string of the molecule is CCOC(=O)C1=C/C(=C2\CCC(=O)[C@@H](c3ccc4[nH]ccc4c3)C2)c2c(cc3c(c2OC)C[C@@H]([C@@](C)(O)C2CCCC2)O3)O1. The zero-order valence-corrected chi connectivity index (χ0v) is 25.5. The predicted molar refractivity (Wildman–Crippen MR) is 166 cm³/mol. The Morgan fingerprint density at radius 2 is 1.93 bits per heavy atom. The summed E-state index contributed by atoms with van der Waals surface area (Å²) in [5, 5.41) is 12.7. The maximum absolute atomic E-state index is 13.3. The fourth-order valence-corrected chi connectivity index (χ4v) is 7.67. The van der Waals surface area contributed by atoms with Gasteiger partial charge in [-0.15, -0.1) is 0 Å². The highest BCUT2D eigenvalue weighted by Crippen LogP contribution is 2.53. The van der Waals surface area contributed by atoms with E-state index in [1.165, 1.54) is 0 Å². The number of allylic oxidation sites excluding steroid dienone is 3. The summed E-state index contributed by atoms with van der Waals surface area (Å²) in [6, 6.07) is 9.95. The average molecular weight is 598 g/mol.